The van der Waals surface area contributed by atoms with E-state index in [9.17, 15) is 9.18 Å². The van der Waals surface area contributed by atoms with Crippen molar-refractivity contribution in [1.82, 2.24) is 9.80 Å². The molecular formula is C28H36FN3O2. The van der Waals surface area contributed by atoms with Gasteiger partial charge in [0.25, 0.3) is 0 Å². The van der Waals surface area contributed by atoms with Crippen molar-refractivity contribution in [2.75, 3.05) is 38.2 Å². The molecule has 6 heteroatoms. The number of anilines is 1. The van der Waals surface area contributed by atoms with Crippen molar-refractivity contribution in [2.24, 2.45) is 0 Å². The van der Waals surface area contributed by atoms with Crippen molar-refractivity contribution in [3.05, 3.63) is 59.9 Å². The molecule has 0 N–H and O–H groups in total. The molecule has 0 aromatic heterocycles. The van der Waals surface area contributed by atoms with Crippen LogP contribution in [0.1, 0.15) is 50.0 Å². The summed E-state index contributed by atoms with van der Waals surface area (Å²) >= 11 is 0. The number of hydrogen-bond acceptors (Lipinski definition) is 5. The van der Waals surface area contributed by atoms with Gasteiger partial charge in [0.1, 0.15) is 17.9 Å². The smallest absolute Gasteiger partial charge is 0.142 e. The first-order chi connectivity index (χ1) is 16.7. The van der Waals surface area contributed by atoms with Crippen LogP contribution in [0.15, 0.2) is 48.5 Å². The summed E-state index contributed by atoms with van der Waals surface area (Å²) in [7, 11) is 1.64. The number of ether oxygens (including phenoxy) is 1. The summed E-state index contributed by atoms with van der Waals surface area (Å²) in [6.45, 7) is 3.41. The summed E-state index contributed by atoms with van der Waals surface area (Å²) in [6.07, 6.45) is 8.63. The van der Waals surface area contributed by atoms with E-state index in [1.54, 1.807) is 19.2 Å². The van der Waals surface area contributed by atoms with E-state index in [1.807, 2.05) is 18.2 Å². The van der Waals surface area contributed by atoms with Gasteiger partial charge in [0.05, 0.1) is 19.0 Å². The molecule has 0 amide bonds. The molecule has 3 aliphatic heterocycles. The van der Waals surface area contributed by atoms with Crippen LogP contribution in [0.4, 0.5) is 10.1 Å². The van der Waals surface area contributed by atoms with Gasteiger partial charge in [-0.3, -0.25) is 9.80 Å². The standard InChI is InChI=1S/C28H36FN3O2/c1-34-27-13-10-23(29)19-26(27)30-14-16-31(17-15-30)28(32-24-8-5-9-25(32)12-11-24)18-22(20-33)21-6-3-2-4-7-21/h2-4,6-7,10,13,19-20,22,24-25,28H,5,8-9,11-12,14-18H2,1H3. The molecule has 2 aromatic carbocycles. The fourth-order valence-electron chi connectivity index (χ4n) is 6.47. The molecule has 0 radical (unpaired) electrons. The first kappa shape index (κ1) is 23.3. The number of piperazine rings is 1. The van der Waals surface area contributed by atoms with Crippen LogP contribution in [0.5, 0.6) is 5.75 Å². The van der Waals surface area contributed by atoms with E-state index >= 15 is 0 Å². The van der Waals surface area contributed by atoms with E-state index in [2.05, 4.69) is 26.8 Å². The summed E-state index contributed by atoms with van der Waals surface area (Å²) in [4.78, 5) is 19.8. The lowest BCUT2D eigenvalue weighted by Crippen LogP contribution is -2.60. The van der Waals surface area contributed by atoms with Crippen LogP contribution in [0.2, 0.25) is 0 Å². The number of benzene rings is 2. The number of piperidine rings is 1. The fourth-order valence-corrected chi connectivity index (χ4v) is 6.47. The van der Waals surface area contributed by atoms with Gasteiger partial charge in [0, 0.05) is 50.2 Å². The molecule has 0 aliphatic carbocycles. The Morgan fingerprint density at radius 2 is 1.71 bits per heavy atom. The molecule has 182 valence electrons. The van der Waals surface area contributed by atoms with E-state index in [0.29, 0.717) is 17.8 Å². The van der Waals surface area contributed by atoms with E-state index in [4.69, 9.17) is 4.74 Å². The Morgan fingerprint density at radius 1 is 1.00 bits per heavy atom. The first-order valence-corrected chi connectivity index (χ1v) is 12.8. The maximum Gasteiger partial charge on any atom is 0.142 e. The van der Waals surface area contributed by atoms with Crippen molar-refractivity contribution >= 4 is 12.0 Å². The van der Waals surface area contributed by atoms with Crippen molar-refractivity contribution in [3.63, 3.8) is 0 Å². The Bertz CT molecular complexity index is 947. The number of carbonyl (C=O) groups excluding carboxylic acids is 1. The molecule has 3 fully saturated rings. The highest BCUT2D eigenvalue weighted by Crippen LogP contribution is 2.40. The number of hydrogen-bond donors (Lipinski definition) is 0. The Hall–Kier alpha value is -2.44. The molecule has 5 nitrogen and oxygen atoms in total. The average Bonchev–Trinajstić information content (AvgIpc) is 3.12. The van der Waals surface area contributed by atoms with Gasteiger partial charge in [-0.1, -0.05) is 36.8 Å². The number of rotatable bonds is 8. The summed E-state index contributed by atoms with van der Waals surface area (Å²) in [5, 5.41) is 0. The third-order valence-corrected chi connectivity index (χ3v) is 8.17. The topological polar surface area (TPSA) is 36.0 Å². The Morgan fingerprint density at radius 3 is 2.35 bits per heavy atom. The van der Waals surface area contributed by atoms with Gasteiger partial charge >= 0.3 is 0 Å². The van der Waals surface area contributed by atoms with Crippen LogP contribution in [-0.4, -0.2) is 67.6 Å². The number of nitrogens with zero attached hydrogens (tertiary/aromatic N) is 3. The second kappa shape index (κ2) is 10.4. The predicted octanol–water partition coefficient (Wildman–Crippen LogP) is 4.67. The van der Waals surface area contributed by atoms with Gasteiger partial charge in [-0.15, -0.1) is 0 Å². The lowest BCUT2D eigenvalue weighted by atomic mass is 9.92. The second-order valence-electron chi connectivity index (χ2n) is 9.97. The molecule has 3 saturated heterocycles. The third kappa shape index (κ3) is 4.71. The van der Waals surface area contributed by atoms with Crippen molar-refractivity contribution < 1.29 is 13.9 Å². The molecule has 3 aliphatic rings. The minimum Gasteiger partial charge on any atom is -0.495 e. The minimum atomic E-state index is -0.238. The van der Waals surface area contributed by atoms with Gasteiger partial charge < -0.3 is 14.4 Å². The zero-order valence-electron chi connectivity index (χ0n) is 20.1. The number of methoxy groups -OCH3 is 1. The molecular weight excluding hydrogens is 429 g/mol. The zero-order valence-corrected chi connectivity index (χ0v) is 20.1. The number of carbonyl (C=O) groups is 1. The van der Waals surface area contributed by atoms with E-state index in [0.717, 1.165) is 50.1 Å². The minimum absolute atomic E-state index is 0.103. The summed E-state index contributed by atoms with van der Waals surface area (Å²) in [5.74, 6) is 0.372. The van der Waals surface area contributed by atoms with E-state index in [1.165, 1.54) is 38.2 Å². The Balaban J connectivity index is 1.36. The molecule has 3 heterocycles. The summed E-state index contributed by atoms with van der Waals surface area (Å²) < 4.78 is 19.5. The lowest BCUT2D eigenvalue weighted by molar-refractivity contribution is -0.110. The molecule has 0 saturated carbocycles. The van der Waals surface area contributed by atoms with Gasteiger partial charge in [-0.2, -0.15) is 0 Å². The van der Waals surface area contributed by atoms with Gasteiger partial charge in [0.2, 0.25) is 0 Å². The molecule has 4 atom stereocenters. The maximum atomic E-state index is 14.0. The largest absolute Gasteiger partial charge is 0.495 e. The molecule has 2 bridgehead atoms. The van der Waals surface area contributed by atoms with Crippen LogP contribution >= 0.6 is 0 Å². The molecule has 4 unspecified atom stereocenters. The first-order valence-electron chi connectivity index (χ1n) is 12.8. The lowest BCUT2D eigenvalue weighted by Gasteiger charge is -2.49. The van der Waals surface area contributed by atoms with Gasteiger partial charge in [-0.05, 0) is 49.8 Å². The summed E-state index contributed by atoms with van der Waals surface area (Å²) in [6, 6.07) is 16.2. The second-order valence-corrected chi connectivity index (χ2v) is 9.97. The molecule has 2 aromatic rings. The van der Waals surface area contributed by atoms with Crippen LogP contribution < -0.4 is 9.64 Å². The fraction of sp³-hybridized carbons (Fsp3) is 0.536. The average molecular weight is 466 g/mol. The molecule has 0 spiro atoms. The zero-order chi connectivity index (χ0) is 23.5. The van der Waals surface area contributed by atoms with Crippen LogP contribution in [0.25, 0.3) is 0 Å². The van der Waals surface area contributed by atoms with Crippen molar-refractivity contribution in [3.8, 4) is 5.75 Å². The van der Waals surface area contributed by atoms with Crippen LogP contribution in [0.3, 0.4) is 0 Å². The normalized spacial score (nSPS) is 25.2. The van der Waals surface area contributed by atoms with Gasteiger partial charge in [-0.25, -0.2) is 4.39 Å². The van der Waals surface area contributed by atoms with E-state index < -0.39 is 0 Å². The Labute approximate surface area is 202 Å². The van der Waals surface area contributed by atoms with Crippen LogP contribution in [0, 0.1) is 5.82 Å². The molecule has 5 rings (SSSR count). The third-order valence-electron chi connectivity index (χ3n) is 8.17. The number of halogens is 1. The Kier molecular flexibility index (Phi) is 7.16. The highest BCUT2D eigenvalue weighted by molar-refractivity contribution is 5.62. The summed E-state index contributed by atoms with van der Waals surface area (Å²) in [5.41, 5.74) is 1.93. The number of aldehydes is 1. The SMILES string of the molecule is COc1ccc(F)cc1N1CCN(C(CC(C=O)c2ccccc2)N2C3CCCC2CC3)CC1. The van der Waals surface area contributed by atoms with Crippen molar-refractivity contribution in [2.45, 2.75) is 62.7 Å². The van der Waals surface area contributed by atoms with Crippen LogP contribution in [-0.2, 0) is 4.79 Å². The van der Waals surface area contributed by atoms with Gasteiger partial charge in [0.15, 0.2) is 0 Å². The molecule has 34 heavy (non-hydrogen) atoms. The highest BCUT2D eigenvalue weighted by Gasteiger charge is 2.43. The monoisotopic (exact) mass is 465 g/mol. The maximum absolute atomic E-state index is 14.0. The van der Waals surface area contributed by atoms with Crippen molar-refractivity contribution in [1.29, 1.82) is 0 Å². The quantitative estimate of drug-likeness (QED) is 0.530. The predicted molar refractivity (Wildman–Crippen MR) is 133 cm³/mol. The number of fused-ring (bicyclic) bond motifs is 2. The highest BCUT2D eigenvalue weighted by atomic mass is 19.1. The van der Waals surface area contributed by atoms with E-state index in [-0.39, 0.29) is 17.9 Å².